The van der Waals surface area contributed by atoms with Crippen molar-refractivity contribution in [2.75, 3.05) is 39.6 Å². The van der Waals surface area contributed by atoms with Crippen LogP contribution in [-0.4, -0.2) is 96.7 Å². The molecular formula is C85H134O17P2. The Bertz CT molecular complexity index is 2740. The molecular weight excluding hydrogens is 1350 g/mol. The van der Waals surface area contributed by atoms with Crippen LogP contribution in [0.1, 0.15) is 259 Å². The summed E-state index contributed by atoms with van der Waals surface area (Å²) < 4.78 is 68.2. The fraction of sp³-hybridized carbons (Fsp3) is 0.576. The van der Waals surface area contributed by atoms with Crippen LogP contribution >= 0.6 is 15.6 Å². The van der Waals surface area contributed by atoms with E-state index in [0.717, 1.165) is 135 Å². The molecule has 3 N–H and O–H groups in total. The number of hydrogen-bond donors (Lipinski definition) is 3. The van der Waals surface area contributed by atoms with Gasteiger partial charge in [-0.1, -0.05) is 293 Å². The van der Waals surface area contributed by atoms with E-state index in [-0.39, 0.29) is 25.7 Å². The van der Waals surface area contributed by atoms with Crippen LogP contribution in [0.5, 0.6) is 0 Å². The minimum atomic E-state index is -5.03. The third kappa shape index (κ3) is 74.2. The number of rotatable bonds is 70. The van der Waals surface area contributed by atoms with Gasteiger partial charge in [0.2, 0.25) is 0 Å². The van der Waals surface area contributed by atoms with Crippen molar-refractivity contribution < 1.29 is 80.2 Å². The van der Waals surface area contributed by atoms with Crippen molar-refractivity contribution in [1.29, 1.82) is 0 Å². The van der Waals surface area contributed by atoms with E-state index in [1.165, 1.54) is 38.5 Å². The Labute approximate surface area is 627 Å². The van der Waals surface area contributed by atoms with Gasteiger partial charge in [-0.15, -0.1) is 0 Å². The van der Waals surface area contributed by atoms with E-state index in [4.69, 9.17) is 37.0 Å². The predicted molar refractivity (Wildman–Crippen MR) is 426 cm³/mol. The molecule has 0 fully saturated rings. The van der Waals surface area contributed by atoms with Crippen LogP contribution in [0.3, 0.4) is 0 Å². The molecule has 5 unspecified atom stereocenters. The summed E-state index contributed by atoms with van der Waals surface area (Å²) in [5.74, 6) is -2.48. The molecule has 586 valence electrons. The maximum absolute atomic E-state index is 13.1. The zero-order valence-electron chi connectivity index (χ0n) is 63.9. The van der Waals surface area contributed by atoms with Crippen molar-refractivity contribution >= 4 is 39.5 Å². The van der Waals surface area contributed by atoms with Crippen molar-refractivity contribution in [1.82, 2.24) is 0 Å². The van der Waals surface area contributed by atoms with Crippen molar-refractivity contribution in [3.63, 3.8) is 0 Å². The first-order valence-electron chi connectivity index (χ1n) is 38.7. The molecule has 17 nitrogen and oxygen atoms in total. The van der Waals surface area contributed by atoms with Crippen LogP contribution in [-0.2, 0) is 65.4 Å². The van der Waals surface area contributed by atoms with Gasteiger partial charge in [0.1, 0.15) is 19.3 Å². The number of carbonyl (C=O) groups is 4. The summed E-state index contributed by atoms with van der Waals surface area (Å²) >= 11 is 0. The molecule has 0 aliphatic heterocycles. The second-order valence-electron chi connectivity index (χ2n) is 24.8. The predicted octanol–water partition coefficient (Wildman–Crippen LogP) is 22.5. The average molecular weight is 1490 g/mol. The van der Waals surface area contributed by atoms with Crippen LogP contribution in [0.25, 0.3) is 0 Å². The van der Waals surface area contributed by atoms with E-state index in [2.05, 4.69) is 180 Å². The van der Waals surface area contributed by atoms with Crippen LogP contribution in [0.4, 0.5) is 0 Å². The number of ether oxygens (including phenoxy) is 4. The first-order chi connectivity index (χ1) is 50.7. The van der Waals surface area contributed by atoms with Gasteiger partial charge < -0.3 is 33.8 Å². The monoisotopic (exact) mass is 1490 g/mol. The number of esters is 4. The molecule has 0 heterocycles. The quantitative estimate of drug-likeness (QED) is 0.0169. The molecule has 0 aromatic carbocycles. The van der Waals surface area contributed by atoms with E-state index in [9.17, 15) is 43.2 Å². The van der Waals surface area contributed by atoms with Gasteiger partial charge in [-0.2, -0.15) is 0 Å². The zero-order valence-corrected chi connectivity index (χ0v) is 65.6. The molecule has 0 saturated carbocycles. The Morgan fingerprint density at radius 1 is 0.288 bits per heavy atom. The largest absolute Gasteiger partial charge is 0.472 e. The van der Waals surface area contributed by atoms with Crippen LogP contribution in [0, 0.1) is 0 Å². The molecule has 0 spiro atoms. The summed E-state index contributed by atoms with van der Waals surface area (Å²) in [6.07, 6.45) is 91.9. The number of unbranched alkanes of at least 4 members (excludes halogenated alkanes) is 13. The van der Waals surface area contributed by atoms with Crippen LogP contribution in [0.2, 0.25) is 0 Å². The number of phosphoric acid groups is 2. The molecule has 5 atom stereocenters. The van der Waals surface area contributed by atoms with Crippen molar-refractivity contribution in [2.24, 2.45) is 0 Å². The van der Waals surface area contributed by atoms with E-state index in [0.29, 0.717) is 32.1 Å². The summed E-state index contributed by atoms with van der Waals surface area (Å²) in [7, 11) is -10.0. The van der Waals surface area contributed by atoms with Gasteiger partial charge >= 0.3 is 39.5 Å². The minimum absolute atomic E-state index is 0.00867. The number of aliphatic hydroxyl groups excluding tert-OH is 1. The lowest BCUT2D eigenvalue weighted by Gasteiger charge is -2.21. The summed E-state index contributed by atoms with van der Waals surface area (Å²) in [5.41, 5.74) is 0. The average Bonchev–Trinajstić information content (AvgIpc) is 0.929. The number of hydrogen-bond acceptors (Lipinski definition) is 15. The van der Waals surface area contributed by atoms with Gasteiger partial charge in [0, 0.05) is 19.3 Å². The van der Waals surface area contributed by atoms with E-state index < -0.39 is 97.5 Å². The molecule has 0 amide bonds. The molecule has 0 radical (unpaired) electrons. The standard InChI is InChI=1S/C85H134O17P2/c1-5-9-13-17-21-25-29-32-35-37-39-41-44-46-50-53-57-61-65-69-82(87)95-75-80(101-84(89)71-67-63-59-55-49-28-24-20-16-12-8-4)77-99-103(91,92)97-73-79(86)74-98-104(93,94)100-78-81(102-85(90)72-68-64-60-56-52-48-43-34-31-27-23-19-15-11-7-3)76-96-83(88)70-66-62-58-54-51-47-45-42-40-38-36-33-30-26-22-18-14-10-6-2/h9-11,13-15,21-23,25-27,32-36,39-43,46-47,50-52,56,58,62,64,68,79-81,86H,5-8,12,16-20,24,28-31,37-38,44-45,48-49,53-55,57,59-61,63,65-67,69-78H2,1-4H3,(H,91,92)(H,93,94)/b13-9-,14-10-,15-11-,25-21-,26-22-,27-23-,35-32-,36-33-,41-39-,42-40-,43-34-,50-46-,51-47-,56-52-,62-58-,68-64-. The number of phosphoric ester groups is 2. The highest BCUT2D eigenvalue weighted by atomic mass is 31.2. The lowest BCUT2D eigenvalue weighted by Crippen LogP contribution is -2.30. The highest BCUT2D eigenvalue weighted by molar-refractivity contribution is 7.47. The SMILES string of the molecule is CC/C=C\C/C=C\C/C=C\C/C=C\C/C=C\C/C=C\CCC(=O)OCC(COP(=O)(O)OCC(O)COP(=O)(O)OCC(COC(=O)CCCCC/C=C\C/C=C\C/C=C\C/C=C\C/C=C\CC)OC(=O)CCCCCCCCCCCCC)OC(=O)C/C=C\C/C=C\C/C=C\C/C=C\C/C=C\CC. The van der Waals surface area contributed by atoms with Crippen LogP contribution < -0.4 is 0 Å². The molecule has 0 aliphatic carbocycles. The van der Waals surface area contributed by atoms with Gasteiger partial charge in [0.25, 0.3) is 0 Å². The highest BCUT2D eigenvalue weighted by Crippen LogP contribution is 2.45. The van der Waals surface area contributed by atoms with Gasteiger partial charge in [0.15, 0.2) is 12.2 Å². The molecule has 0 saturated heterocycles. The van der Waals surface area contributed by atoms with Gasteiger partial charge in [0.05, 0.1) is 32.8 Å². The number of carbonyl (C=O) groups excluding carboxylic acids is 4. The van der Waals surface area contributed by atoms with Gasteiger partial charge in [-0.3, -0.25) is 37.3 Å². The van der Waals surface area contributed by atoms with Crippen molar-refractivity contribution in [3.05, 3.63) is 194 Å². The zero-order chi connectivity index (χ0) is 76.0. The first-order valence-corrected chi connectivity index (χ1v) is 41.7. The van der Waals surface area contributed by atoms with E-state index >= 15 is 0 Å². The maximum Gasteiger partial charge on any atom is 0.472 e. The fourth-order valence-electron chi connectivity index (χ4n) is 9.35. The Morgan fingerprint density at radius 3 is 0.913 bits per heavy atom. The number of allylic oxidation sites excluding steroid dienone is 31. The second-order valence-corrected chi connectivity index (χ2v) is 27.7. The Balaban J connectivity index is 5.50. The molecule has 0 aliphatic rings. The molecule has 0 aromatic heterocycles. The molecule has 19 heteroatoms. The molecule has 0 aromatic rings. The third-order valence-corrected chi connectivity index (χ3v) is 17.0. The van der Waals surface area contributed by atoms with E-state index in [1.54, 1.807) is 12.2 Å². The van der Waals surface area contributed by atoms with Gasteiger partial charge in [-0.05, 0) is 135 Å². The molecule has 0 bridgehead atoms. The van der Waals surface area contributed by atoms with Gasteiger partial charge in [-0.25, -0.2) is 9.13 Å². The Kier molecular flexibility index (Phi) is 70.7. The Morgan fingerprint density at radius 2 is 0.558 bits per heavy atom. The number of aliphatic hydroxyl groups is 1. The van der Waals surface area contributed by atoms with Crippen molar-refractivity contribution in [2.45, 2.75) is 277 Å². The summed E-state index contributed by atoms with van der Waals surface area (Å²) in [6, 6.07) is 0. The van der Waals surface area contributed by atoms with E-state index in [1.807, 2.05) is 30.4 Å². The topological polar surface area (TPSA) is 237 Å². The smallest absolute Gasteiger partial charge is 0.462 e. The fourth-order valence-corrected chi connectivity index (χ4v) is 10.9. The first kappa shape index (κ1) is 97.9. The minimum Gasteiger partial charge on any atom is -0.462 e. The molecule has 104 heavy (non-hydrogen) atoms. The highest BCUT2D eigenvalue weighted by Gasteiger charge is 2.30. The summed E-state index contributed by atoms with van der Waals surface area (Å²) in [6.45, 7) is 4.24. The van der Waals surface area contributed by atoms with Crippen LogP contribution in [0.15, 0.2) is 194 Å². The maximum atomic E-state index is 13.1. The normalized spacial score (nSPS) is 15.0. The summed E-state index contributed by atoms with van der Waals surface area (Å²) in [4.78, 5) is 72.8. The lowest BCUT2D eigenvalue weighted by atomic mass is 10.1. The molecule has 0 rings (SSSR count). The second kappa shape index (κ2) is 75.1. The summed E-state index contributed by atoms with van der Waals surface area (Å²) in [5, 5.41) is 10.6. The lowest BCUT2D eigenvalue weighted by molar-refractivity contribution is -0.161. The third-order valence-electron chi connectivity index (χ3n) is 15.1. The van der Waals surface area contributed by atoms with Crippen molar-refractivity contribution in [3.8, 4) is 0 Å². The Hall–Kier alpha value is -6.10.